The molecule has 1 aromatic carbocycles. The normalized spacial score (nSPS) is 25.0. The molecule has 1 saturated carbocycles. The second-order valence-corrected chi connectivity index (χ2v) is 9.26. The van der Waals surface area contributed by atoms with Crippen molar-refractivity contribution < 1.29 is 14.3 Å². The molecule has 0 spiro atoms. The summed E-state index contributed by atoms with van der Waals surface area (Å²) < 4.78 is 7.61. The first-order chi connectivity index (χ1) is 15.4. The lowest BCUT2D eigenvalue weighted by atomic mass is 9.86. The highest BCUT2D eigenvalue weighted by Gasteiger charge is 2.51. The maximum absolute atomic E-state index is 12.8. The Hall–Kier alpha value is -3.35. The van der Waals surface area contributed by atoms with Gasteiger partial charge in [-0.3, -0.25) is 9.69 Å². The number of ether oxygens (including phenoxy) is 1. The van der Waals surface area contributed by atoms with E-state index >= 15 is 0 Å². The van der Waals surface area contributed by atoms with E-state index in [9.17, 15) is 9.59 Å². The summed E-state index contributed by atoms with van der Waals surface area (Å²) in [5, 5.41) is 3.13. The van der Waals surface area contributed by atoms with E-state index in [0.717, 1.165) is 36.9 Å². The molecule has 166 valence electrons. The van der Waals surface area contributed by atoms with E-state index in [4.69, 9.17) is 4.74 Å². The average molecular weight is 433 g/mol. The number of carbonyl (C=O) groups excluding carboxylic acids is 2. The molecule has 0 bridgehead atoms. The third-order valence-electron chi connectivity index (χ3n) is 6.64. The smallest absolute Gasteiger partial charge is 0.411 e. The minimum Gasteiger partial charge on any atom is -0.441 e. The molecule has 1 aliphatic heterocycles. The van der Waals surface area contributed by atoms with Crippen molar-refractivity contribution in [1.29, 1.82) is 0 Å². The molecule has 7 nitrogen and oxygen atoms in total. The largest absolute Gasteiger partial charge is 0.441 e. The highest BCUT2D eigenvalue weighted by atomic mass is 16.6. The van der Waals surface area contributed by atoms with E-state index in [0.29, 0.717) is 5.69 Å². The molecule has 2 aromatic heterocycles. The van der Waals surface area contributed by atoms with Gasteiger partial charge in [-0.25, -0.2) is 9.78 Å². The van der Waals surface area contributed by atoms with Crippen molar-refractivity contribution in [2.75, 3.05) is 0 Å². The van der Waals surface area contributed by atoms with Gasteiger partial charge in [0.15, 0.2) is 0 Å². The second kappa shape index (κ2) is 7.97. The topological polar surface area (TPSA) is 75.9 Å². The average Bonchev–Trinajstić information content (AvgIpc) is 3.32. The van der Waals surface area contributed by atoms with Crippen LogP contribution in [0.1, 0.15) is 61.6 Å². The Morgan fingerprint density at radius 1 is 1.06 bits per heavy atom. The zero-order chi connectivity index (χ0) is 22.3. The van der Waals surface area contributed by atoms with Crippen molar-refractivity contribution in [2.45, 2.75) is 63.3 Å². The molecule has 3 heterocycles. The van der Waals surface area contributed by atoms with Crippen LogP contribution in [0, 0.1) is 0 Å². The van der Waals surface area contributed by atoms with Crippen molar-refractivity contribution in [3.8, 4) is 0 Å². The van der Waals surface area contributed by atoms with E-state index in [2.05, 4.69) is 22.4 Å². The molecule has 1 atom stereocenters. The third kappa shape index (κ3) is 3.72. The summed E-state index contributed by atoms with van der Waals surface area (Å²) in [6.07, 6.45) is 6.66. The number of pyridine rings is 1. The lowest BCUT2D eigenvalue weighted by Gasteiger charge is -2.38. The molecule has 7 heteroatoms. The number of carbonyl (C=O) groups is 2. The first-order valence-corrected chi connectivity index (χ1v) is 11.2. The van der Waals surface area contributed by atoms with E-state index in [1.54, 1.807) is 6.20 Å². The number of cyclic esters (lactones) is 1. The summed E-state index contributed by atoms with van der Waals surface area (Å²) in [5.41, 5.74) is 1.67. The first-order valence-electron chi connectivity index (χ1n) is 11.2. The summed E-state index contributed by atoms with van der Waals surface area (Å²) in [4.78, 5) is 31.9. The lowest BCUT2D eigenvalue weighted by molar-refractivity contribution is 0.0663. The van der Waals surface area contributed by atoms with Crippen molar-refractivity contribution in [1.82, 2.24) is 19.6 Å². The number of nitrogens with one attached hydrogen (secondary N) is 1. The number of rotatable bonds is 4. The molecule has 2 fully saturated rings. The Balaban J connectivity index is 1.25. The Kier molecular flexibility index (Phi) is 5.12. The highest BCUT2D eigenvalue weighted by molar-refractivity contribution is 5.93. The Labute approximate surface area is 187 Å². The minimum atomic E-state index is -0.591. The number of fused-ring (bicyclic) bond motifs is 1. The number of nitrogens with zero attached hydrogens (tertiary/aromatic N) is 3. The highest BCUT2D eigenvalue weighted by Crippen LogP contribution is 2.44. The third-order valence-corrected chi connectivity index (χ3v) is 6.64. The molecule has 3 aromatic rings. The molecule has 2 amide bonds. The zero-order valence-electron chi connectivity index (χ0n) is 18.4. The van der Waals surface area contributed by atoms with Gasteiger partial charge in [-0.05, 0) is 57.2 Å². The van der Waals surface area contributed by atoms with Gasteiger partial charge in [0.25, 0.3) is 5.91 Å². The van der Waals surface area contributed by atoms with Crippen LogP contribution in [0.25, 0.3) is 5.65 Å². The molecule has 1 aliphatic carbocycles. The zero-order valence-corrected chi connectivity index (χ0v) is 18.4. The summed E-state index contributed by atoms with van der Waals surface area (Å²) in [7, 11) is 0. The molecule has 1 N–H and O–H groups in total. The van der Waals surface area contributed by atoms with Gasteiger partial charge in [0.1, 0.15) is 16.9 Å². The maximum atomic E-state index is 12.8. The van der Waals surface area contributed by atoms with E-state index < -0.39 is 5.60 Å². The summed E-state index contributed by atoms with van der Waals surface area (Å²) in [5.74, 6) is -0.152. The quantitative estimate of drug-likeness (QED) is 0.665. The van der Waals surface area contributed by atoms with E-state index in [1.807, 2.05) is 65.7 Å². The van der Waals surface area contributed by atoms with Gasteiger partial charge >= 0.3 is 6.09 Å². The van der Waals surface area contributed by atoms with Crippen LogP contribution in [-0.4, -0.2) is 44.0 Å². The van der Waals surface area contributed by atoms with Gasteiger partial charge in [0.05, 0.1) is 6.04 Å². The fraction of sp³-hybridized carbons (Fsp3) is 0.400. The van der Waals surface area contributed by atoms with Crippen LogP contribution in [0.5, 0.6) is 0 Å². The second-order valence-electron chi connectivity index (χ2n) is 9.26. The maximum Gasteiger partial charge on any atom is 0.411 e. The van der Waals surface area contributed by atoms with Crippen LogP contribution in [0.2, 0.25) is 0 Å². The van der Waals surface area contributed by atoms with Gasteiger partial charge < -0.3 is 14.5 Å². The SMILES string of the molecule is CC1(C)OC(=O)N(C2CCC(NC(=O)c3cn4ccccc4n3)CC2)C1c1ccccc1. The number of hydrogen-bond acceptors (Lipinski definition) is 4. The first kappa shape index (κ1) is 20.5. The molecular weight excluding hydrogens is 404 g/mol. The predicted octanol–water partition coefficient (Wildman–Crippen LogP) is 4.35. The number of imidazole rings is 1. The van der Waals surface area contributed by atoms with Gasteiger partial charge in [0, 0.05) is 24.5 Å². The number of amides is 2. The van der Waals surface area contributed by atoms with Crippen molar-refractivity contribution in [2.24, 2.45) is 0 Å². The summed E-state index contributed by atoms with van der Waals surface area (Å²) in [6.45, 7) is 3.95. The monoisotopic (exact) mass is 432 g/mol. The molecular formula is C25H28N4O3. The number of benzene rings is 1. The van der Waals surface area contributed by atoms with Crippen LogP contribution in [0.3, 0.4) is 0 Å². The Morgan fingerprint density at radius 3 is 2.50 bits per heavy atom. The molecule has 1 unspecified atom stereocenters. The van der Waals surface area contributed by atoms with Crippen LogP contribution in [-0.2, 0) is 4.74 Å². The Morgan fingerprint density at radius 2 is 1.78 bits per heavy atom. The molecule has 2 aliphatic rings. The molecule has 32 heavy (non-hydrogen) atoms. The predicted molar refractivity (Wildman–Crippen MR) is 120 cm³/mol. The fourth-order valence-electron chi connectivity index (χ4n) is 5.13. The summed E-state index contributed by atoms with van der Waals surface area (Å²) >= 11 is 0. The van der Waals surface area contributed by atoms with Crippen LogP contribution >= 0.6 is 0 Å². The number of aromatic nitrogens is 2. The lowest BCUT2D eigenvalue weighted by Crippen LogP contribution is -2.46. The van der Waals surface area contributed by atoms with Gasteiger partial charge in [-0.2, -0.15) is 0 Å². The Bertz CT molecular complexity index is 1100. The van der Waals surface area contributed by atoms with Crippen LogP contribution < -0.4 is 5.32 Å². The molecule has 1 saturated heterocycles. The van der Waals surface area contributed by atoms with Crippen LogP contribution in [0.4, 0.5) is 4.79 Å². The van der Waals surface area contributed by atoms with Crippen molar-refractivity contribution >= 4 is 17.6 Å². The van der Waals surface area contributed by atoms with Gasteiger partial charge in [-0.1, -0.05) is 36.4 Å². The molecule has 5 rings (SSSR count). The van der Waals surface area contributed by atoms with E-state index in [1.165, 1.54) is 0 Å². The van der Waals surface area contributed by atoms with E-state index in [-0.39, 0.29) is 30.1 Å². The van der Waals surface area contributed by atoms with Gasteiger partial charge in [-0.15, -0.1) is 0 Å². The standard InChI is InChI=1S/C25H28N4O3/c1-25(2)22(17-8-4-3-5-9-17)29(24(31)32-25)19-13-11-18(12-14-19)26-23(30)20-16-28-15-7-6-10-21(28)27-20/h3-10,15-16,18-19,22H,11-14H2,1-2H3,(H,26,30). The minimum absolute atomic E-state index is 0.0744. The number of hydrogen-bond donors (Lipinski definition) is 1. The molecule has 0 radical (unpaired) electrons. The fourth-order valence-corrected chi connectivity index (χ4v) is 5.13. The summed E-state index contributed by atoms with van der Waals surface area (Å²) in [6, 6.07) is 15.8. The van der Waals surface area contributed by atoms with Gasteiger partial charge in [0.2, 0.25) is 0 Å². The van der Waals surface area contributed by atoms with Crippen molar-refractivity contribution in [3.05, 3.63) is 72.2 Å². The van der Waals surface area contributed by atoms with Crippen LogP contribution in [0.15, 0.2) is 60.9 Å². The van der Waals surface area contributed by atoms with Crippen molar-refractivity contribution in [3.63, 3.8) is 0 Å².